The number of nitrogens with one attached hydrogen (secondary N) is 1. The molecule has 0 fully saturated rings. The molecule has 76 valence electrons. The van der Waals surface area contributed by atoms with Crippen molar-refractivity contribution in [1.29, 1.82) is 0 Å². The number of carbonyl (C=O) groups excluding carboxylic acids is 1. The van der Waals surface area contributed by atoms with E-state index in [4.69, 9.17) is 0 Å². The van der Waals surface area contributed by atoms with Crippen molar-refractivity contribution in [2.24, 2.45) is 10.8 Å². The van der Waals surface area contributed by atoms with Gasteiger partial charge in [0.05, 0.1) is 0 Å². The van der Waals surface area contributed by atoms with Crippen LogP contribution in [0.1, 0.15) is 34.6 Å². The van der Waals surface area contributed by atoms with Gasteiger partial charge < -0.3 is 5.32 Å². The second-order valence-electron chi connectivity index (χ2n) is 4.87. The molecule has 0 saturated heterocycles. The lowest BCUT2D eigenvalue weighted by Gasteiger charge is -2.37. The Balaban J connectivity index is 4.45. The Hall–Kier alpha value is -0.790. The third-order valence-corrected chi connectivity index (χ3v) is 2.85. The minimum Gasteiger partial charge on any atom is -0.352 e. The molecular formula is C11H21NO. The second-order valence-corrected chi connectivity index (χ2v) is 4.87. The van der Waals surface area contributed by atoms with E-state index in [1.54, 1.807) is 6.08 Å². The predicted molar refractivity (Wildman–Crippen MR) is 56.4 cm³/mol. The normalized spacial score (nSPS) is 12.4. The molecule has 1 amide bonds. The summed E-state index contributed by atoms with van der Waals surface area (Å²) in [6.07, 6.45) is 1.69. The zero-order valence-corrected chi connectivity index (χ0v) is 9.40. The summed E-state index contributed by atoms with van der Waals surface area (Å²) < 4.78 is 0. The zero-order valence-electron chi connectivity index (χ0n) is 9.40. The van der Waals surface area contributed by atoms with Crippen molar-refractivity contribution in [3.8, 4) is 0 Å². The van der Waals surface area contributed by atoms with Crippen molar-refractivity contribution < 1.29 is 4.79 Å². The summed E-state index contributed by atoms with van der Waals surface area (Å²) in [6.45, 7) is 14.2. The van der Waals surface area contributed by atoms with Crippen LogP contribution >= 0.6 is 0 Å². The highest BCUT2D eigenvalue weighted by atomic mass is 16.2. The molecule has 0 aromatic carbocycles. The van der Waals surface area contributed by atoms with Gasteiger partial charge in [0, 0.05) is 12.0 Å². The molecule has 13 heavy (non-hydrogen) atoms. The van der Waals surface area contributed by atoms with Crippen LogP contribution in [0.4, 0.5) is 0 Å². The van der Waals surface area contributed by atoms with Crippen molar-refractivity contribution in [2.75, 3.05) is 6.54 Å². The number of rotatable bonds is 3. The van der Waals surface area contributed by atoms with E-state index in [9.17, 15) is 4.79 Å². The lowest BCUT2D eigenvalue weighted by Crippen LogP contribution is -2.45. The van der Waals surface area contributed by atoms with Gasteiger partial charge in [-0.15, -0.1) is 6.58 Å². The Morgan fingerprint density at radius 2 is 1.77 bits per heavy atom. The number of hydrogen-bond acceptors (Lipinski definition) is 1. The zero-order chi connectivity index (χ0) is 10.7. The summed E-state index contributed by atoms with van der Waals surface area (Å²) in [4.78, 5) is 11.7. The number of carbonyl (C=O) groups is 1. The number of amides is 1. The Bertz CT molecular complexity index is 199. The van der Waals surface area contributed by atoms with E-state index >= 15 is 0 Å². The molecule has 0 heterocycles. The van der Waals surface area contributed by atoms with Crippen LogP contribution in [0.25, 0.3) is 0 Å². The molecule has 0 saturated carbocycles. The fraction of sp³-hybridized carbons (Fsp3) is 0.727. The highest BCUT2D eigenvalue weighted by Gasteiger charge is 2.39. The van der Waals surface area contributed by atoms with Gasteiger partial charge in [-0.3, -0.25) is 4.79 Å². The quantitative estimate of drug-likeness (QED) is 0.669. The summed E-state index contributed by atoms with van der Waals surface area (Å²) in [5.41, 5.74) is -0.381. The summed E-state index contributed by atoms with van der Waals surface area (Å²) in [7, 11) is 0. The van der Waals surface area contributed by atoms with Crippen molar-refractivity contribution >= 4 is 5.91 Å². The molecule has 0 rings (SSSR count). The molecular weight excluding hydrogens is 162 g/mol. The standard InChI is InChI=1S/C11H21NO/c1-7-8-12-9(13)11(5,6)10(2,3)4/h7H,1,8H2,2-6H3,(H,12,13). The van der Waals surface area contributed by atoms with Crippen molar-refractivity contribution in [3.63, 3.8) is 0 Å². The highest BCUT2D eigenvalue weighted by molar-refractivity contribution is 5.82. The first-order chi connectivity index (χ1) is 5.73. The summed E-state index contributed by atoms with van der Waals surface area (Å²) in [6, 6.07) is 0. The average Bonchev–Trinajstić information content (AvgIpc) is 1.97. The molecule has 0 aromatic heterocycles. The Labute approximate surface area is 81.4 Å². The van der Waals surface area contributed by atoms with E-state index in [2.05, 4.69) is 32.7 Å². The van der Waals surface area contributed by atoms with Crippen LogP contribution in [-0.2, 0) is 4.79 Å². The van der Waals surface area contributed by atoms with Crippen LogP contribution in [0.5, 0.6) is 0 Å². The van der Waals surface area contributed by atoms with E-state index in [0.29, 0.717) is 6.54 Å². The molecule has 2 nitrogen and oxygen atoms in total. The minimum atomic E-state index is -0.351. The molecule has 1 N–H and O–H groups in total. The predicted octanol–water partition coefficient (Wildman–Crippen LogP) is 2.36. The van der Waals surface area contributed by atoms with Gasteiger partial charge in [-0.05, 0) is 5.41 Å². The Morgan fingerprint density at radius 3 is 2.08 bits per heavy atom. The monoisotopic (exact) mass is 183 g/mol. The molecule has 0 aromatic rings. The van der Waals surface area contributed by atoms with Gasteiger partial charge in [-0.1, -0.05) is 40.7 Å². The third-order valence-electron chi connectivity index (χ3n) is 2.85. The van der Waals surface area contributed by atoms with Crippen LogP contribution in [0.3, 0.4) is 0 Å². The van der Waals surface area contributed by atoms with E-state index in [1.165, 1.54) is 0 Å². The SMILES string of the molecule is C=CCNC(=O)C(C)(C)C(C)(C)C. The molecule has 0 atom stereocenters. The Kier molecular flexibility index (Phi) is 3.71. The van der Waals surface area contributed by atoms with E-state index < -0.39 is 0 Å². The molecule has 0 aliphatic carbocycles. The fourth-order valence-electron chi connectivity index (χ4n) is 0.726. The summed E-state index contributed by atoms with van der Waals surface area (Å²) >= 11 is 0. The minimum absolute atomic E-state index is 0.0295. The van der Waals surface area contributed by atoms with E-state index in [0.717, 1.165) is 0 Å². The molecule has 0 unspecified atom stereocenters. The fourth-order valence-corrected chi connectivity index (χ4v) is 0.726. The van der Waals surface area contributed by atoms with Crippen LogP contribution in [0, 0.1) is 10.8 Å². The van der Waals surface area contributed by atoms with Crippen molar-refractivity contribution in [1.82, 2.24) is 5.32 Å². The van der Waals surface area contributed by atoms with Gasteiger partial charge in [-0.2, -0.15) is 0 Å². The molecule has 0 aliphatic rings. The molecule has 0 aliphatic heterocycles. The van der Waals surface area contributed by atoms with Gasteiger partial charge in [0.2, 0.25) is 5.91 Å². The van der Waals surface area contributed by atoms with Crippen LogP contribution in [0.2, 0.25) is 0 Å². The maximum absolute atomic E-state index is 11.7. The number of hydrogen-bond donors (Lipinski definition) is 1. The largest absolute Gasteiger partial charge is 0.352 e. The van der Waals surface area contributed by atoms with Gasteiger partial charge in [0.1, 0.15) is 0 Å². The first-order valence-electron chi connectivity index (χ1n) is 4.62. The lowest BCUT2D eigenvalue weighted by atomic mass is 9.69. The van der Waals surface area contributed by atoms with Crippen LogP contribution < -0.4 is 5.32 Å². The molecule has 0 radical (unpaired) electrons. The van der Waals surface area contributed by atoms with Crippen molar-refractivity contribution in [3.05, 3.63) is 12.7 Å². The average molecular weight is 183 g/mol. The molecule has 0 bridgehead atoms. The molecule has 0 spiro atoms. The third kappa shape index (κ3) is 2.87. The topological polar surface area (TPSA) is 29.1 Å². The summed E-state index contributed by atoms with van der Waals surface area (Å²) in [5, 5.41) is 2.82. The van der Waals surface area contributed by atoms with Crippen LogP contribution in [0.15, 0.2) is 12.7 Å². The van der Waals surface area contributed by atoms with Crippen molar-refractivity contribution in [2.45, 2.75) is 34.6 Å². The first kappa shape index (κ1) is 12.2. The van der Waals surface area contributed by atoms with Crippen LogP contribution in [-0.4, -0.2) is 12.5 Å². The highest BCUT2D eigenvalue weighted by Crippen LogP contribution is 2.37. The smallest absolute Gasteiger partial charge is 0.226 e. The van der Waals surface area contributed by atoms with Gasteiger partial charge in [0.25, 0.3) is 0 Å². The van der Waals surface area contributed by atoms with Gasteiger partial charge in [-0.25, -0.2) is 0 Å². The maximum atomic E-state index is 11.7. The summed E-state index contributed by atoms with van der Waals surface area (Å²) in [5.74, 6) is 0.0832. The Morgan fingerprint density at radius 1 is 1.31 bits per heavy atom. The van der Waals surface area contributed by atoms with E-state index in [1.807, 2.05) is 13.8 Å². The first-order valence-corrected chi connectivity index (χ1v) is 4.62. The maximum Gasteiger partial charge on any atom is 0.226 e. The van der Waals surface area contributed by atoms with Gasteiger partial charge in [0.15, 0.2) is 0 Å². The van der Waals surface area contributed by atoms with E-state index in [-0.39, 0.29) is 16.7 Å². The van der Waals surface area contributed by atoms with Gasteiger partial charge >= 0.3 is 0 Å². The lowest BCUT2D eigenvalue weighted by molar-refractivity contribution is -0.134. The second kappa shape index (κ2) is 3.95. The molecule has 2 heteroatoms.